The summed E-state index contributed by atoms with van der Waals surface area (Å²) in [5.74, 6) is 0.701. The maximum Gasteiger partial charge on any atom is 0.184 e. The van der Waals surface area contributed by atoms with Crippen LogP contribution in [-0.2, 0) is 6.54 Å². The standard InChI is InChI=1S/C14H18ClN5/c1-2-6-14(7-8-14)9-20-13(17-18-19-20)10-4-3-5-11(15)12(10)16/h3-5H,2,6-9,16H2,1H3. The van der Waals surface area contributed by atoms with Gasteiger partial charge in [0.25, 0.3) is 0 Å². The van der Waals surface area contributed by atoms with Gasteiger partial charge in [0.15, 0.2) is 5.82 Å². The quantitative estimate of drug-likeness (QED) is 0.859. The van der Waals surface area contributed by atoms with Crippen molar-refractivity contribution < 1.29 is 0 Å². The van der Waals surface area contributed by atoms with Crippen molar-refractivity contribution in [1.82, 2.24) is 20.2 Å². The number of hydrogen-bond donors (Lipinski definition) is 1. The van der Waals surface area contributed by atoms with Gasteiger partial charge in [-0.3, -0.25) is 0 Å². The fourth-order valence-corrected chi connectivity index (χ4v) is 2.92. The first-order valence-corrected chi connectivity index (χ1v) is 7.33. The van der Waals surface area contributed by atoms with Gasteiger partial charge in [0.05, 0.1) is 17.3 Å². The van der Waals surface area contributed by atoms with Gasteiger partial charge < -0.3 is 5.73 Å². The van der Waals surface area contributed by atoms with E-state index in [1.165, 1.54) is 25.7 Å². The Hall–Kier alpha value is -1.62. The highest BCUT2D eigenvalue weighted by molar-refractivity contribution is 6.33. The molecule has 20 heavy (non-hydrogen) atoms. The molecule has 5 nitrogen and oxygen atoms in total. The summed E-state index contributed by atoms with van der Waals surface area (Å²) < 4.78 is 1.87. The van der Waals surface area contributed by atoms with Crippen LogP contribution in [0.25, 0.3) is 11.4 Å². The Morgan fingerprint density at radius 3 is 2.90 bits per heavy atom. The SMILES string of the molecule is CCCC1(Cn2nnnc2-c2cccc(Cl)c2N)CC1. The van der Waals surface area contributed by atoms with Crippen LogP contribution < -0.4 is 5.73 Å². The third-order valence-corrected chi connectivity index (χ3v) is 4.38. The molecule has 0 radical (unpaired) electrons. The van der Waals surface area contributed by atoms with Gasteiger partial charge in [-0.05, 0) is 47.2 Å². The Morgan fingerprint density at radius 2 is 2.20 bits per heavy atom. The molecule has 106 valence electrons. The Balaban J connectivity index is 1.92. The van der Waals surface area contributed by atoms with Crippen molar-refractivity contribution in [3.8, 4) is 11.4 Å². The van der Waals surface area contributed by atoms with E-state index in [9.17, 15) is 0 Å². The Labute approximate surface area is 123 Å². The molecule has 0 amide bonds. The lowest BCUT2D eigenvalue weighted by Crippen LogP contribution is -2.14. The van der Waals surface area contributed by atoms with Gasteiger partial charge >= 0.3 is 0 Å². The number of rotatable bonds is 5. The van der Waals surface area contributed by atoms with Crippen molar-refractivity contribution in [2.75, 3.05) is 5.73 Å². The Kier molecular flexibility index (Phi) is 3.38. The molecule has 6 heteroatoms. The molecule has 0 spiro atoms. The molecular weight excluding hydrogens is 274 g/mol. The minimum Gasteiger partial charge on any atom is -0.397 e. The van der Waals surface area contributed by atoms with E-state index in [4.69, 9.17) is 17.3 Å². The van der Waals surface area contributed by atoms with E-state index < -0.39 is 0 Å². The molecular formula is C14H18ClN5. The van der Waals surface area contributed by atoms with Crippen LogP contribution in [0.3, 0.4) is 0 Å². The number of benzene rings is 1. The Morgan fingerprint density at radius 1 is 1.40 bits per heavy atom. The van der Waals surface area contributed by atoms with E-state index >= 15 is 0 Å². The van der Waals surface area contributed by atoms with Crippen LogP contribution in [-0.4, -0.2) is 20.2 Å². The second-order valence-corrected chi connectivity index (χ2v) is 6.02. The fraction of sp³-hybridized carbons (Fsp3) is 0.500. The molecule has 0 unspecified atom stereocenters. The molecule has 0 aliphatic heterocycles. The number of halogens is 1. The molecule has 1 saturated carbocycles. The van der Waals surface area contributed by atoms with Crippen LogP contribution in [0.1, 0.15) is 32.6 Å². The molecule has 1 fully saturated rings. The normalized spacial score (nSPS) is 16.3. The average Bonchev–Trinajstić information content (AvgIpc) is 3.02. The van der Waals surface area contributed by atoms with Gasteiger partial charge in [-0.25, -0.2) is 4.68 Å². The van der Waals surface area contributed by atoms with Gasteiger partial charge in [-0.1, -0.05) is 31.0 Å². The van der Waals surface area contributed by atoms with Gasteiger partial charge in [0.1, 0.15) is 0 Å². The molecule has 0 bridgehead atoms. The summed E-state index contributed by atoms with van der Waals surface area (Å²) in [5, 5.41) is 12.6. The number of tetrazole rings is 1. The van der Waals surface area contributed by atoms with Gasteiger partial charge in [-0.2, -0.15) is 0 Å². The second kappa shape index (κ2) is 5.05. The molecule has 1 aliphatic carbocycles. The molecule has 1 aliphatic rings. The molecule has 0 saturated heterocycles. The summed E-state index contributed by atoms with van der Waals surface area (Å²) in [6.07, 6.45) is 4.92. The van der Waals surface area contributed by atoms with Gasteiger partial charge in [-0.15, -0.1) is 5.10 Å². The highest BCUT2D eigenvalue weighted by Gasteiger charge is 2.42. The van der Waals surface area contributed by atoms with Gasteiger partial charge in [0.2, 0.25) is 0 Å². The van der Waals surface area contributed by atoms with Crippen molar-refractivity contribution in [3.63, 3.8) is 0 Å². The number of nitrogen functional groups attached to an aromatic ring is 1. The number of nitrogens with two attached hydrogens (primary N) is 1. The highest BCUT2D eigenvalue weighted by atomic mass is 35.5. The number of aromatic nitrogens is 4. The van der Waals surface area contributed by atoms with E-state index in [0.29, 0.717) is 21.9 Å². The molecule has 1 aromatic heterocycles. The summed E-state index contributed by atoms with van der Waals surface area (Å²) in [7, 11) is 0. The van der Waals surface area contributed by atoms with Crippen molar-refractivity contribution in [3.05, 3.63) is 23.2 Å². The zero-order valence-corrected chi connectivity index (χ0v) is 12.3. The van der Waals surface area contributed by atoms with E-state index in [0.717, 1.165) is 12.1 Å². The van der Waals surface area contributed by atoms with Gasteiger partial charge in [0, 0.05) is 5.56 Å². The Bertz CT molecular complexity index is 618. The van der Waals surface area contributed by atoms with E-state index in [-0.39, 0.29) is 0 Å². The summed E-state index contributed by atoms with van der Waals surface area (Å²) in [6.45, 7) is 3.07. The molecule has 3 rings (SSSR count). The number of nitrogens with zero attached hydrogens (tertiary/aromatic N) is 4. The third kappa shape index (κ3) is 2.38. The summed E-state index contributed by atoms with van der Waals surface area (Å²) in [4.78, 5) is 0. The predicted octanol–water partition coefficient (Wildman–Crippen LogP) is 3.16. The lowest BCUT2D eigenvalue weighted by molar-refractivity contribution is 0.365. The lowest BCUT2D eigenvalue weighted by atomic mass is 10.0. The fourth-order valence-electron chi connectivity index (χ4n) is 2.75. The van der Waals surface area contributed by atoms with E-state index in [1.807, 2.05) is 16.8 Å². The third-order valence-electron chi connectivity index (χ3n) is 4.05. The zero-order chi connectivity index (χ0) is 14.2. The molecule has 2 aromatic rings. The minimum absolute atomic E-state index is 0.381. The number of anilines is 1. The first kappa shape index (κ1) is 13.4. The first-order chi connectivity index (χ1) is 9.65. The van der Waals surface area contributed by atoms with E-state index in [1.54, 1.807) is 6.07 Å². The maximum atomic E-state index is 6.08. The summed E-state index contributed by atoms with van der Waals surface area (Å²) >= 11 is 6.08. The number of para-hydroxylation sites is 1. The van der Waals surface area contributed by atoms with Crippen LogP contribution in [0, 0.1) is 5.41 Å². The molecule has 1 heterocycles. The average molecular weight is 292 g/mol. The second-order valence-electron chi connectivity index (χ2n) is 5.61. The van der Waals surface area contributed by atoms with Crippen molar-refractivity contribution in [2.45, 2.75) is 39.2 Å². The van der Waals surface area contributed by atoms with Crippen molar-refractivity contribution in [2.24, 2.45) is 5.41 Å². The summed E-state index contributed by atoms with van der Waals surface area (Å²) in [5.41, 5.74) is 7.75. The largest absolute Gasteiger partial charge is 0.397 e. The van der Waals surface area contributed by atoms with Crippen molar-refractivity contribution >= 4 is 17.3 Å². The van der Waals surface area contributed by atoms with Crippen LogP contribution >= 0.6 is 11.6 Å². The van der Waals surface area contributed by atoms with Crippen LogP contribution in [0.2, 0.25) is 5.02 Å². The maximum absolute atomic E-state index is 6.08. The first-order valence-electron chi connectivity index (χ1n) is 6.96. The lowest BCUT2D eigenvalue weighted by Gasteiger charge is -2.15. The zero-order valence-electron chi connectivity index (χ0n) is 11.5. The highest BCUT2D eigenvalue weighted by Crippen LogP contribution is 2.51. The smallest absolute Gasteiger partial charge is 0.184 e. The predicted molar refractivity (Wildman–Crippen MR) is 79.3 cm³/mol. The van der Waals surface area contributed by atoms with Crippen LogP contribution in [0.5, 0.6) is 0 Å². The van der Waals surface area contributed by atoms with Crippen LogP contribution in [0.15, 0.2) is 18.2 Å². The van der Waals surface area contributed by atoms with Crippen molar-refractivity contribution in [1.29, 1.82) is 0 Å². The monoisotopic (exact) mass is 291 g/mol. The molecule has 0 atom stereocenters. The molecule has 1 aromatic carbocycles. The summed E-state index contributed by atoms with van der Waals surface area (Å²) in [6, 6.07) is 5.54. The minimum atomic E-state index is 0.381. The number of hydrogen-bond acceptors (Lipinski definition) is 4. The van der Waals surface area contributed by atoms with E-state index in [2.05, 4.69) is 22.4 Å². The topological polar surface area (TPSA) is 69.6 Å². The molecule has 2 N–H and O–H groups in total. The van der Waals surface area contributed by atoms with Crippen LogP contribution in [0.4, 0.5) is 5.69 Å².